The second kappa shape index (κ2) is 6.68. The Hall–Kier alpha value is -3.17. The summed E-state index contributed by atoms with van der Waals surface area (Å²) < 4.78 is 60.6. The number of aliphatic imine (C=N–C) groups is 1. The molecule has 1 aromatic carbocycles. The third-order valence-electron chi connectivity index (χ3n) is 5.77. The zero-order chi connectivity index (χ0) is 21.7. The highest BCUT2D eigenvalue weighted by Gasteiger charge is 2.67. The number of hydrogen-bond acceptors (Lipinski definition) is 5. The minimum atomic E-state index is -2.90. The Balaban J connectivity index is 1.69. The van der Waals surface area contributed by atoms with E-state index >= 15 is 0 Å². The van der Waals surface area contributed by atoms with Crippen LogP contribution in [0, 0.1) is 17.0 Å². The monoisotopic (exact) mass is 422 g/mol. The second-order valence-electron chi connectivity index (χ2n) is 7.81. The van der Waals surface area contributed by atoms with Gasteiger partial charge in [0, 0.05) is 29.5 Å². The van der Waals surface area contributed by atoms with Crippen molar-refractivity contribution in [3.8, 4) is 0 Å². The highest BCUT2D eigenvalue weighted by Crippen LogP contribution is 2.63. The molecule has 10 heteroatoms. The highest BCUT2D eigenvalue weighted by atomic mass is 19.3. The number of benzene rings is 1. The summed E-state index contributed by atoms with van der Waals surface area (Å²) in [6, 6.07) is 5.82. The van der Waals surface area contributed by atoms with Crippen molar-refractivity contribution >= 4 is 17.6 Å². The number of nitrogens with zero attached hydrogens (tertiary/aromatic N) is 2. The number of pyridine rings is 1. The van der Waals surface area contributed by atoms with Gasteiger partial charge in [-0.3, -0.25) is 4.79 Å². The molecule has 1 atom stereocenters. The Bertz CT molecular complexity index is 1030. The van der Waals surface area contributed by atoms with Gasteiger partial charge in [-0.25, -0.2) is 27.5 Å². The topological polar surface area (TPSA) is 89.6 Å². The number of aromatic nitrogens is 1. The number of ether oxygens (including phenoxy) is 1. The first kappa shape index (κ1) is 20.1. The molecule has 2 heterocycles. The van der Waals surface area contributed by atoms with Gasteiger partial charge in [0.05, 0.1) is 6.20 Å². The van der Waals surface area contributed by atoms with Gasteiger partial charge in [0.25, 0.3) is 11.9 Å². The van der Waals surface area contributed by atoms with Crippen LogP contribution < -0.4 is 11.1 Å². The van der Waals surface area contributed by atoms with Crippen LogP contribution in [-0.4, -0.2) is 29.4 Å². The predicted molar refractivity (Wildman–Crippen MR) is 100 cm³/mol. The lowest BCUT2D eigenvalue weighted by Crippen LogP contribution is -2.62. The molecule has 1 saturated carbocycles. The summed E-state index contributed by atoms with van der Waals surface area (Å²) in [5.74, 6) is -4.81. The predicted octanol–water partition coefficient (Wildman–Crippen LogP) is 3.59. The number of amidine groups is 1. The quantitative estimate of drug-likeness (QED) is 0.740. The van der Waals surface area contributed by atoms with E-state index in [1.165, 1.54) is 25.1 Å². The SMILES string of the molecule is C[C@]1(c2cc(NC(=O)c3ccc(F)cn3)ccc2F)N=C(N)OCC12CC(F)(F)C2. The molecule has 0 saturated heterocycles. The number of carbonyl (C=O) groups is 1. The van der Waals surface area contributed by atoms with Gasteiger partial charge in [0.15, 0.2) is 0 Å². The summed E-state index contributed by atoms with van der Waals surface area (Å²) in [6.45, 7) is 1.41. The smallest absolute Gasteiger partial charge is 0.282 e. The van der Waals surface area contributed by atoms with E-state index in [2.05, 4.69) is 15.3 Å². The van der Waals surface area contributed by atoms with Crippen molar-refractivity contribution in [2.75, 3.05) is 11.9 Å². The average Bonchev–Trinajstić information content (AvgIpc) is 2.65. The number of amides is 1. The molecule has 0 radical (unpaired) electrons. The number of nitrogens with one attached hydrogen (secondary N) is 1. The first-order chi connectivity index (χ1) is 14.0. The molecule has 6 nitrogen and oxygen atoms in total. The van der Waals surface area contributed by atoms with E-state index in [9.17, 15) is 22.4 Å². The van der Waals surface area contributed by atoms with Crippen LogP contribution >= 0.6 is 0 Å². The first-order valence-electron chi connectivity index (χ1n) is 9.13. The molecular weight excluding hydrogens is 404 g/mol. The van der Waals surface area contributed by atoms with E-state index in [0.29, 0.717) is 0 Å². The van der Waals surface area contributed by atoms with Gasteiger partial charge in [-0.1, -0.05) is 0 Å². The molecule has 30 heavy (non-hydrogen) atoms. The number of nitrogens with two attached hydrogens (primary N) is 1. The van der Waals surface area contributed by atoms with E-state index in [-0.39, 0.29) is 29.6 Å². The third-order valence-corrected chi connectivity index (χ3v) is 5.77. The fourth-order valence-electron chi connectivity index (χ4n) is 4.14. The maximum Gasteiger partial charge on any atom is 0.282 e. The fourth-order valence-corrected chi connectivity index (χ4v) is 4.14. The minimum Gasteiger partial charge on any atom is -0.465 e. The Kier molecular flexibility index (Phi) is 4.48. The largest absolute Gasteiger partial charge is 0.465 e. The average molecular weight is 422 g/mol. The lowest BCUT2D eigenvalue weighted by atomic mass is 9.54. The van der Waals surface area contributed by atoms with Gasteiger partial charge < -0.3 is 15.8 Å². The van der Waals surface area contributed by atoms with Gasteiger partial charge in [0.2, 0.25) is 5.92 Å². The molecular formula is C20H18F4N4O2. The number of hydrogen-bond donors (Lipinski definition) is 2. The lowest BCUT2D eigenvalue weighted by Gasteiger charge is -2.56. The van der Waals surface area contributed by atoms with Crippen molar-refractivity contribution in [1.82, 2.24) is 4.98 Å². The molecule has 2 aromatic rings. The molecule has 1 fully saturated rings. The summed E-state index contributed by atoms with van der Waals surface area (Å²) in [5.41, 5.74) is 3.29. The summed E-state index contributed by atoms with van der Waals surface area (Å²) in [6.07, 6.45) is -0.155. The zero-order valence-electron chi connectivity index (χ0n) is 15.9. The maximum atomic E-state index is 14.8. The van der Waals surface area contributed by atoms with Crippen molar-refractivity contribution in [1.29, 1.82) is 0 Å². The molecule has 0 bridgehead atoms. The van der Waals surface area contributed by atoms with Gasteiger partial charge in [-0.2, -0.15) is 0 Å². The Morgan fingerprint density at radius 1 is 1.20 bits per heavy atom. The van der Waals surface area contributed by atoms with E-state index in [0.717, 1.165) is 18.3 Å². The van der Waals surface area contributed by atoms with E-state index in [1.54, 1.807) is 0 Å². The van der Waals surface area contributed by atoms with Crippen LogP contribution in [0.2, 0.25) is 0 Å². The molecule has 1 spiro atoms. The molecule has 1 aromatic heterocycles. The number of rotatable bonds is 3. The standard InChI is InChI=1S/C20H18F4N4O2/c1-18(19(8-20(23,24)9-19)10-30-17(25)28-18)13-6-12(3-4-14(13)22)27-16(29)15-5-2-11(21)7-26-15/h2-7H,8-10H2,1H3,(H2,25,28)(H,27,29)/t18-/m1/s1. The number of carbonyl (C=O) groups excluding carboxylic acids is 1. The normalized spacial score (nSPS) is 23.8. The molecule has 1 amide bonds. The fraction of sp³-hybridized carbons (Fsp3) is 0.350. The first-order valence-corrected chi connectivity index (χ1v) is 9.13. The van der Waals surface area contributed by atoms with Crippen molar-refractivity contribution in [3.63, 3.8) is 0 Å². The minimum absolute atomic E-state index is 0.00844. The Labute approximate surface area is 169 Å². The summed E-state index contributed by atoms with van der Waals surface area (Å²) in [4.78, 5) is 20.2. The van der Waals surface area contributed by atoms with E-state index in [1.807, 2.05) is 0 Å². The van der Waals surface area contributed by atoms with Crippen molar-refractivity contribution in [2.24, 2.45) is 16.1 Å². The summed E-state index contributed by atoms with van der Waals surface area (Å²) in [7, 11) is 0. The van der Waals surface area contributed by atoms with Crippen molar-refractivity contribution in [3.05, 3.63) is 59.4 Å². The van der Waals surface area contributed by atoms with Gasteiger partial charge in [-0.15, -0.1) is 0 Å². The number of halogens is 4. The van der Waals surface area contributed by atoms with Gasteiger partial charge >= 0.3 is 0 Å². The van der Waals surface area contributed by atoms with Crippen molar-refractivity contribution in [2.45, 2.75) is 31.2 Å². The van der Waals surface area contributed by atoms with Crippen LogP contribution in [0.4, 0.5) is 23.2 Å². The molecule has 1 aliphatic heterocycles. The van der Waals surface area contributed by atoms with Gasteiger partial charge in [-0.05, 0) is 37.3 Å². The Morgan fingerprint density at radius 3 is 2.57 bits per heavy atom. The molecule has 3 N–H and O–H groups in total. The van der Waals surface area contributed by atoms with Crippen LogP contribution in [0.15, 0.2) is 41.5 Å². The molecule has 4 rings (SSSR count). The molecule has 158 valence electrons. The van der Waals surface area contributed by atoms with Gasteiger partial charge in [0.1, 0.15) is 29.5 Å². The third kappa shape index (κ3) is 3.25. The molecule has 2 aliphatic rings. The van der Waals surface area contributed by atoms with Crippen LogP contribution in [0.5, 0.6) is 0 Å². The second-order valence-corrected chi connectivity index (χ2v) is 7.81. The van der Waals surface area contributed by atoms with E-state index < -0.39 is 47.3 Å². The summed E-state index contributed by atoms with van der Waals surface area (Å²) >= 11 is 0. The lowest BCUT2D eigenvalue weighted by molar-refractivity contribution is -0.207. The van der Waals surface area contributed by atoms with Crippen LogP contribution in [0.3, 0.4) is 0 Å². The van der Waals surface area contributed by atoms with Crippen LogP contribution in [-0.2, 0) is 10.3 Å². The maximum absolute atomic E-state index is 14.8. The number of alkyl halides is 2. The zero-order valence-corrected chi connectivity index (χ0v) is 15.9. The van der Waals surface area contributed by atoms with Crippen LogP contribution in [0.1, 0.15) is 35.8 Å². The summed E-state index contributed by atoms with van der Waals surface area (Å²) in [5, 5.41) is 2.54. The van der Waals surface area contributed by atoms with Crippen LogP contribution in [0.25, 0.3) is 0 Å². The van der Waals surface area contributed by atoms with E-state index in [4.69, 9.17) is 10.5 Å². The molecule has 1 aliphatic carbocycles. The highest BCUT2D eigenvalue weighted by molar-refractivity contribution is 6.02. The molecule has 0 unspecified atom stereocenters. The van der Waals surface area contributed by atoms with Crippen molar-refractivity contribution < 1.29 is 27.1 Å². The Morgan fingerprint density at radius 2 is 1.93 bits per heavy atom. The number of anilines is 1.